The highest BCUT2D eigenvalue weighted by molar-refractivity contribution is 6.01. The van der Waals surface area contributed by atoms with E-state index in [0.717, 1.165) is 19.5 Å². The maximum absolute atomic E-state index is 4.66. The van der Waals surface area contributed by atoms with Crippen LogP contribution in [0.15, 0.2) is 59.9 Å². The van der Waals surface area contributed by atoms with Crippen molar-refractivity contribution >= 4 is 5.71 Å². The predicted octanol–water partition coefficient (Wildman–Crippen LogP) is 2.02. The standard InChI is InChI=1S/C15H15N2/c1-4-10-17(11-5-1)12-15-14-7-3-2-6-13(14)8-9-16-15/h1-7,10-11H,8-9,12H2/q+1. The van der Waals surface area contributed by atoms with Gasteiger partial charge in [-0.3, -0.25) is 4.99 Å². The van der Waals surface area contributed by atoms with Crippen LogP contribution in [-0.2, 0) is 13.0 Å². The molecular formula is C15H15N2+. The smallest absolute Gasteiger partial charge is 0.190 e. The average molecular weight is 223 g/mol. The minimum atomic E-state index is 0.859. The summed E-state index contributed by atoms with van der Waals surface area (Å²) in [6.45, 7) is 1.78. The molecule has 2 aromatic rings. The van der Waals surface area contributed by atoms with Crippen molar-refractivity contribution in [2.45, 2.75) is 13.0 Å². The second kappa shape index (κ2) is 4.50. The molecule has 2 heterocycles. The highest BCUT2D eigenvalue weighted by atomic mass is 14.9. The lowest BCUT2D eigenvalue weighted by atomic mass is 9.98. The minimum Gasteiger partial charge on any atom is -0.282 e. The molecule has 2 nitrogen and oxygen atoms in total. The molecular weight excluding hydrogens is 208 g/mol. The van der Waals surface area contributed by atoms with Gasteiger partial charge in [-0.15, -0.1) is 0 Å². The molecule has 2 heteroatoms. The van der Waals surface area contributed by atoms with Crippen molar-refractivity contribution < 1.29 is 4.57 Å². The molecule has 0 amide bonds. The van der Waals surface area contributed by atoms with Crippen LogP contribution in [0, 0.1) is 0 Å². The zero-order valence-corrected chi connectivity index (χ0v) is 9.71. The van der Waals surface area contributed by atoms with Crippen molar-refractivity contribution in [1.82, 2.24) is 0 Å². The second-order valence-corrected chi connectivity index (χ2v) is 4.28. The Morgan fingerprint density at radius 3 is 2.71 bits per heavy atom. The minimum absolute atomic E-state index is 0.859. The number of fused-ring (bicyclic) bond motifs is 1. The van der Waals surface area contributed by atoms with Crippen LogP contribution in [0.25, 0.3) is 0 Å². The third-order valence-electron chi connectivity index (χ3n) is 3.12. The van der Waals surface area contributed by atoms with Crippen LogP contribution in [0.5, 0.6) is 0 Å². The Labute approximate surface area is 101 Å². The van der Waals surface area contributed by atoms with Crippen molar-refractivity contribution in [3.05, 3.63) is 66.0 Å². The molecule has 0 N–H and O–H groups in total. The quantitative estimate of drug-likeness (QED) is 0.693. The van der Waals surface area contributed by atoms with Gasteiger partial charge in [-0.05, 0) is 12.0 Å². The first-order valence-electron chi connectivity index (χ1n) is 5.99. The lowest BCUT2D eigenvalue weighted by molar-refractivity contribution is -0.681. The Hall–Kier alpha value is -1.96. The Bertz CT molecular complexity index is 544. The van der Waals surface area contributed by atoms with Crippen molar-refractivity contribution in [2.75, 3.05) is 6.54 Å². The van der Waals surface area contributed by atoms with Crippen molar-refractivity contribution in [3.63, 3.8) is 0 Å². The summed E-state index contributed by atoms with van der Waals surface area (Å²) in [7, 11) is 0. The van der Waals surface area contributed by atoms with Gasteiger partial charge in [0.05, 0.1) is 0 Å². The number of hydrogen-bond acceptors (Lipinski definition) is 1. The summed E-state index contributed by atoms with van der Waals surface area (Å²) in [4.78, 5) is 4.66. The summed E-state index contributed by atoms with van der Waals surface area (Å²) in [5, 5.41) is 0. The molecule has 84 valence electrons. The third kappa shape index (κ3) is 2.11. The first-order valence-corrected chi connectivity index (χ1v) is 5.99. The monoisotopic (exact) mass is 223 g/mol. The number of hydrogen-bond donors (Lipinski definition) is 0. The summed E-state index contributed by atoms with van der Waals surface area (Å²) in [6.07, 6.45) is 5.23. The number of aromatic nitrogens is 1. The van der Waals surface area contributed by atoms with Gasteiger partial charge in [0.2, 0.25) is 0 Å². The van der Waals surface area contributed by atoms with Gasteiger partial charge in [-0.2, -0.15) is 4.57 Å². The zero-order valence-electron chi connectivity index (χ0n) is 9.71. The van der Waals surface area contributed by atoms with Crippen molar-refractivity contribution in [3.8, 4) is 0 Å². The summed E-state index contributed by atoms with van der Waals surface area (Å²) < 4.78 is 2.17. The number of rotatable bonds is 2. The van der Waals surface area contributed by atoms with E-state index in [1.165, 1.54) is 16.8 Å². The van der Waals surface area contributed by atoms with Gasteiger partial charge in [-0.25, -0.2) is 0 Å². The van der Waals surface area contributed by atoms with Gasteiger partial charge in [0.1, 0.15) is 5.71 Å². The SMILES string of the molecule is c1cc[n+](CC2=NCCc3ccccc32)cc1. The lowest BCUT2D eigenvalue weighted by Crippen LogP contribution is -2.38. The normalized spacial score (nSPS) is 14.0. The molecule has 0 fully saturated rings. The third-order valence-corrected chi connectivity index (χ3v) is 3.12. The molecule has 1 aromatic carbocycles. The molecule has 1 aliphatic heterocycles. The fourth-order valence-corrected chi connectivity index (χ4v) is 2.26. The molecule has 0 bridgehead atoms. The van der Waals surface area contributed by atoms with E-state index in [0.29, 0.717) is 0 Å². The van der Waals surface area contributed by atoms with Crippen LogP contribution < -0.4 is 4.57 Å². The molecule has 0 aliphatic carbocycles. The molecule has 0 spiro atoms. The van der Waals surface area contributed by atoms with Gasteiger partial charge in [0.25, 0.3) is 0 Å². The van der Waals surface area contributed by atoms with Gasteiger partial charge in [-0.1, -0.05) is 30.3 Å². The Kier molecular flexibility index (Phi) is 2.70. The van der Waals surface area contributed by atoms with Crippen LogP contribution in [0.4, 0.5) is 0 Å². The Morgan fingerprint density at radius 2 is 1.82 bits per heavy atom. The van der Waals surface area contributed by atoms with Gasteiger partial charge >= 0.3 is 0 Å². The number of pyridine rings is 1. The van der Waals surface area contributed by atoms with Crippen LogP contribution in [0.2, 0.25) is 0 Å². The van der Waals surface area contributed by atoms with E-state index in [-0.39, 0.29) is 0 Å². The lowest BCUT2D eigenvalue weighted by Gasteiger charge is -2.14. The van der Waals surface area contributed by atoms with E-state index in [2.05, 4.69) is 58.4 Å². The molecule has 1 aromatic heterocycles. The van der Waals surface area contributed by atoms with Gasteiger partial charge in [0, 0.05) is 24.2 Å². The Morgan fingerprint density at radius 1 is 1.00 bits per heavy atom. The second-order valence-electron chi connectivity index (χ2n) is 4.28. The van der Waals surface area contributed by atoms with E-state index in [1.807, 2.05) is 6.07 Å². The molecule has 0 saturated carbocycles. The summed E-state index contributed by atoms with van der Waals surface area (Å²) in [5.41, 5.74) is 3.94. The summed E-state index contributed by atoms with van der Waals surface area (Å²) in [6, 6.07) is 14.7. The molecule has 1 aliphatic rings. The van der Waals surface area contributed by atoms with Crippen molar-refractivity contribution in [2.24, 2.45) is 4.99 Å². The first kappa shape index (κ1) is 10.2. The van der Waals surface area contributed by atoms with E-state index < -0.39 is 0 Å². The predicted molar refractivity (Wildman–Crippen MR) is 68.2 cm³/mol. The summed E-state index contributed by atoms with van der Waals surface area (Å²) >= 11 is 0. The maximum Gasteiger partial charge on any atom is 0.190 e. The molecule has 0 saturated heterocycles. The topological polar surface area (TPSA) is 16.2 Å². The van der Waals surface area contributed by atoms with E-state index in [9.17, 15) is 0 Å². The van der Waals surface area contributed by atoms with Crippen LogP contribution in [0.1, 0.15) is 11.1 Å². The molecule has 3 rings (SSSR count). The first-order chi connectivity index (χ1) is 8.43. The Balaban J connectivity index is 1.92. The van der Waals surface area contributed by atoms with E-state index in [4.69, 9.17) is 0 Å². The highest BCUT2D eigenvalue weighted by Gasteiger charge is 2.16. The largest absolute Gasteiger partial charge is 0.282 e. The highest BCUT2D eigenvalue weighted by Crippen LogP contribution is 2.15. The molecule has 17 heavy (non-hydrogen) atoms. The average Bonchev–Trinajstić information content (AvgIpc) is 2.40. The zero-order chi connectivity index (χ0) is 11.5. The molecule has 0 unspecified atom stereocenters. The van der Waals surface area contributed by atoms with Crippen molar-refractivity contribution in [1.29, 1.82) is 0 Å². The van der Waals surface area contributed by atoms with Gasteiger partial charge in [0.15, 0.2) is 18.9 Å². The number of nitrogens with zero attached hydrogens (tertiary/aromatic N) is 2. The number of benzene rings is 1. The fourth-order valence-electron chi connectivity index (χ4n) is 2.26. The number of aliphatic imine (C=N–C) groups is 1. The molecule has 0 radical (unpaired) electrons. The van der Waals surface area contributed by atoms with Crippen LogP contribution >= 0.6 is 0 Å². The molecule has 0 atom stereocenters. The van der Waals surface area contributed by atoms with Crippen LogP contribution in [-0.4, -0.2) is 12.3 Å². The summed E-state index contributed by atoms with van der Waals surface area (Å²) in [5.74, 6) is 0. The fraction of sp³-hybridized carbons (Fsp3) is 0.200. The van der Waals surface area contributed by atoms with E-state index >= 15 is 0 Å². The van der Waals surface area contributed by atoms with Gasteiger partial charge < -0.3 is 0 Å². The van der Waals surface area contributed by atoms with E-state index in [1.54, 1.807) is 0 Å². The maximum atomic E-state index is 4.66. The van der Waals surface area contributed by atoms with Crippen LogP contribution in [0.3, 0.4) is 0 Å².